The molecule has 0 fully saturated rings. The van der Waals surface area contributed by atoms with E-state index in [9.17, 15) is 0 Å². The van der Waals surface area contributed by atoms with E-state index in [1.165, 1.54) is 0 Å². The Kier molecular flexibility index (Phi) is 8.14. The number of nitrogens with two attached hydrogens (primary N) is 1. The van der Waals surface area contributed by atoms with Gasteiger partial charge in [-0.15, -0.1) is 0 Å². The van der Waals surface area contributed by atoms with E-state index in [0.29, 0.717) is 12.0 Å². The molecule has 3 nitrogen and oxygen atoms in total. The van der Waals surface area contributed by atoms with E-state index >= 15 is 0 Å². The van der Waals surface area contributed by atoms with Gasteiger partial charge in [0.25, 0.3) is 0 Å². The van der Waals surface area contributed by atoms with Gasteiger partial charge in [0.1, 0.15) is 0 Å². The monoisotopic (exact) mass is 202 g/mol. The quantitative estimate of drug-likeness (QED) is 0.603. The molecular formula is C11H26N2O. The topological polar surface area (TPSA) is 38.5 Å². The van der Waals surface area contributed by atoms with Crippen molar-refractivity contribution in [2.24, 2.45) is 11.7 Å². The fraction of sp³-hybridized carbons (Fsp3) is 1.00. The van der Waals surface area contributed by atoms with Crippen LogP contribution in [0.4, 0.5) is 0 Å². The molecule has 0 aliphatic heterocycles. The number of nitrogens with zero attached hydrogens (tertiary/aromatic N) is 1. The van der Waals surface area contributed by atoms with Gasteiger partial charge < -0.3 is 15.4 Å². The van der Waals surface area contributed by atoms with Crippen LogP contribution in [0.5, 0.6) is 0 Å². The summed E-state index contributed by atoms with van der Waals surface area (Å²) in [5.74, 6) is 0.692. The van der Waals surface area contributed by atoms with Crippen molar-refractivity contribution in [2.45, 2.75) is 32.7 Å². The summed E-state index contributed by atoms with van der Waals surface area (Å²) in [5, 5.41) is 0. The summed E-state index contributed by atoms with van der Waals surface area (Å²) in [5.41, 5.74) is 6.01. The Morgan fingerprint density at radius 2 is 2.00 bits per heavy atom. The largest absolute Gasteiger partial charge is 0.385 e. The van der Waals surface area contributed by atoms with Crippen molar-refractivity contribution in [3.05, 3.63) is 0 Å². The summed E-state index contributed by atoms with van der Waals surface area (Å²) in [6, 6.07) is 0.308. The zero-order valence-electron chi connectivity index (χ0n) is 10.1. The van der Waals surface area contributed by atoms with Crippen molar-refractivity contribution >= 4 is 0 Å². The molecule has 0 saturated heterocycles. The lowest BCUT2D eigenvalue weighted by Crippen LogP contribution is -2.36. The summed E-state index contributed by atoms with van der Waals surface area (Å²) < 4.78 is 5.00. The molecule has 0 heterocycles. The summed E-state index contributed by atoms with van der Waals surface area (Å²) in [6.45, 7) is 7.32. The molecule has 0 rings (SSSR count). The van der Waals surface area contributed by atoms with Crippen LogP contribution in [-0.2, 0) is 4.74 Å². The Morgan fingerprint density at radius 1 is 1.36 bits per heavy atom. The second-order valence-corrected chi connectivity index (χ2v) is 4.50. The van der Waals surface area contributed by atoms with Gasteiger partial charge in [0.15, 0.2) is 0 Å². The van der Waals surface area contributed by atoms with Crippen molar-refractivity contribution in [1.82, 2.24) is 4.90 Å². The average Bonchev–Trinajstić information content (AvgIpc) is 2.02. The Labute approximate surface area is 88.6 Å². The van der Waals surface area contributed by atoms with Gasteiger partial charge in [0, 0.05) is 32.8 Å². The molecule has 0 saturated carbocycles. The highest BCUT2D eigenvalue weighted by Gasteiger charge is 2.08. The highest BCUT2D eigenvalue weighted by atomic mass is 16.5. The van der Waals surface area contributed by atoms with Gasteiger partial charge in [-0.25, -0.2) is 0 Å². The third kappa shape index (κ3) is 8.48. The first-order valence-electron chi connectivity index (χ1n) is 5.49. The maximum atomic E-state index is 6.01. The minimum atomic E-state index is 0.308. The van der Waals surface area contributed by atoms with E-state index in [1.54, 1.807) is 7.11 Å². The molecule has 0 aliphatic carbocycles. The molecule has 0 aromatic rings. The second-order valence-electron chi connectivity index (χ2n) is 4.50. The molecule has 1 unspecified atom stereocenters. The van der Waals surface area contributed by atoms with Crippen molar-refractivity contribution in [3.63, 3.8) is 0 Å². The molecule has 0 aliphatic rings. The summed E-state index contributed by atoms with van der Waals surface area (Å²) >= 11 is 0. The molecule has 0 aromatic heterocycles. The number of rotatable bonds is 8. The van der Waals surface area contributed by atoms with E-state index in [2.05, 4.69) is 25.8 Å². The molecule has 2 N–H and O–H groups in total. The van der Waals surface area contributed by atoms with Crippen molar-refractivity contribution in [2.75, 3.05) is 33.9 Å². The van der Waals surface area contributed by atoms with Crippen LogP contribution in [0.15, 0.2) is 0 Å². The third-order valence-electron chi connectivity index (χ3n) is 2.21. The Hall–Kier alpha value is -0.120. The molecule has 14 heavy (non-hydrogen) atoms. The highest BCUT2D eigenvalue weighted by molar-refractivity contribution is 4.67. The van der Waals surface area contributed by atoms with Gasteiger partial charge in [0.2, 0.25) is 0 Å². The van der Waals surface area contributed by atoms with Crippen LogP contribution in [0.3, 0.4) is 0 Å². The lowest BCUT2D eigenvalue weighted by atomic mass is 10.0. The normalized spacial score (nSPS) is 13.9. The van der Waals surface area contributed by atoms with E-state index in [1.807, 2.05) is 0 Å². The van der Waals surface area contributed by atoms with Gasteiger partial charge >= 0.3 is 0 Å². The van der Waals surface area contributed by atoms with Gasteiger partial charge in [-0.3, -0.25) is 0 Å². The molecule has 0 radical (unpaired) electrons. The Bertz CT molecular complexity index is 128. The predicted molar refractivity (Wildman–Crippen MR) is 61.4 cm³/mol. The van der Waals surface area contributed by atoms with E-state index in [0.717, 1.165) is 32.5 Å². The Balaban J connectivity index is 3.44. The fourth-order valence-corrected chi connectivity index (χ4v) is 1.65. The number of likely N-dealkylation sites (N-methyl/N-ethyl adjacent to an activating group) is 1. The zero-order chi connectivity index (χ0) is 11.0. The van der Waals surface area contributed by atoms with Crippen molar-refractivity contribution < 1.29 is 4.74 Å². The number of hydrogen-bond donors (Lipinski definition) is 1. The number of ether oxygens (including phenoxy) is 1. The molecule has 0 spiro atoms. The maximum absolute atomic E-state index is 6.01. The van der Waals surface area contributed by atoms with Crippen LogP contribution in [0.1, 0.15) is 26.7 Å². The summed E-state index contributed by atoms with van der Waals surface area (Å²) in [6.07, 6.45) is 2.19. The van der Waals surface area contributed by atoms with Crippen LogP contribution in [0.25, 0.3) is 0 Å². The van der Waals surface area contributed by atoms with Crippen LogP contribution in [0, 0.1) is 5.92 Å². The maximum Gasteiger partial charge on any atom is 0.0474 e. The second kappa shape index (κ2) is 8.21. The van der Waals surface area contributed by atoms with Crippen LogP contribution < -0.4 is 5.73 Å². The molecule has 3 heteroatoms. The SMILES string of the molecule is COCCCN(C)CC(N)CC(C)C. The molecule has 0 amide bonds. The van der Waals surface area contributed by atoms with Gasteiger partial charge in [-0.05, 0) is 25.8 Å². The fourth-order valence-electron chi connectivity index (χ4n) is 1.65. The minimum Gasteiger partial charge on any atom is -0.385 e. The lowest BCUT2D eigenvalue weighted by Gasteiger charge is -2.22. The molecule has 86 valence electrons. The zero-order valence-corrected chi connectivity index (χ0v) is 10.1. The minimum absolute atomic E-state index is 0.308. The lowest BCUT2D eigenvalue weighted by molar-refractivity contribution is 0.176. The molecular weight excluding hydrogens is 176 g/mol. The average molecular weight is 202 g/mol. The smallest absolute Gasteiger partial charge is 0.0474 e. The van der Waals surface area contributed by atoms with Crippen molar-refractivity contribution in [3.8, 4) is 0 Å². The van der Waals surface area contributed by atoms with Gasteiger partial charge in [0.05, 0.1) is 0 Å². The van der Waals surface area contributed by atoms with E-state index in [-0.39, 0.29) is 0 Å². The predicted octanol–water partition coefficient (Wildman–Crippen LogP) is 1.33. The highest BCUT2D eigenvalue weighted by Crippen LogP contribution is 2.03. The van der Waals surface area contributed by atoms with Gasteiger partial charge in [-0.2, -0.15) is 0 Å². The summed E-state index contributed by atoms with van der Waals surface area (Å²) in [7, 11) is 3.86. The summed E-state index contributed by atoms with van der Waals surface area (Å²) in [4.78, 5) is 2.28. The number of hydrogen-bond acceptors (Lipinski definition) is 3. The standard InChI is InChI=1S/C11H26N2O/c1-10(2)8-11(12)9-13(3)6-5-7-14-4/h10-11H,5-9,12H2,1-4H3. The van der Waals surface area contributed by atoms with Crippen LogP contribution in [-0.4, -0.2) is 44.8 Å². The Morgan fingerprint density at radius 3 is 2.50 bits per heavy atom. The molecule has 0 aromatic carbocycles. The third-order valence-corrected chi connectivity index (χ3v) is 2.21. The first-order valence-corrected chi connectivity index (χ1v) is 5.49. The first kappa shape index (κ1) is 13.9. The first-order chi connectivity index (χ1) is 6.56. The number of methoxy groups -OCH3 is 1. The van der Waals surface area contributed by atoms with Crippen LogP contribution >= 0.6 is 0 Å². The molecule has 1 atom stereocenters. The van der Waals surface area contributed by atoms with Gasteiger partial charge in [-0.1, -0.05) is 13.8 Å². The van der Waals surface area contributed by atoms with Crippen molar-refractivity contribution in [1.29, 1.82) is 0 Å². The van der Waals surface area contributed by atoms with E-state index < -0.39 is 0 Å². The van der Waals surface area contributed by atoms with Crippen LogP contribution in [0.2, 0.25) is 0 Å². The molecule has 0 bridgehead atoms. The van der Waals surface area contributed by atoms with E-state index in [4.69, 9.17) is 10.5 Å².